The van der Waals surface area contributed by atoms with E-state index in [0.29, 0.717) is 19.4 Å². The number of carbonyl (C=O) groups excluding carboxylic acids is 2. The number of aliphatic hydroxyl groups excluding tert-OH is 2. The third kappa shape index (κ3) is 47.8. The largest absolute Gasteiger partial charge is 0.466 e. The minimum absolute atomic E-state index is 0.0339. The summed E-state index contributed by atoms with van der Waals surface area (Å²) in [5.74, 6) is -0.136. The Kier molecular flexibility index (Phi) is 50.6. The van der Waals surface area contributed by atoms with Crippen LogP contribution in [0.5, 0.6) is 0 Å². The monoisotopic (exact) mass is 874 g/mol. The molecule has 6 heteroatoms. The Balaban J connectivity index is 3.53. The molecule has 3 N–H and O–H groups in total. The molecule has 0 heterocycles. The van der Waals surface area contributed by atoms with Crippen molar-refractivity contribution in [1.82, 2.24) is 5.32 Å². The van der Waals surface area contributed by atoms with Crippen LogP contribution in [0.4, 0.5) is 0 Å². The molecule has 1 amide bonds. The van der Waals surface area contributed by atoms with Gasteiger partial charge in [-0.3, -0.25) is 9.59 Å². The highest BCUT2D eigenvalue weighted by Crippen LogP contribution is 2.17. The van der Waals surface area contributed by atoms with Crippen molar-refractivity contribution in [2.75, 3.05) is 13.2 Å². The minimum atomic E-state index is -0.865. The summed E-state index contributed by atoms with van der Waals surface area (Å²) in [6.45, 7) is 4.83. The first-order chi connectivity index (χ1) is 30.5. The molecule has 0 aliphatic carbocycles. The van der Waals surface area contributed by atoms with Crippen molar-refractivity contribution in [2.45, 2.75) is 309 Å². The van der Waals surface area contributed by atoms with Crippen LogP contribution in [-0.2, 0) is 14.3 Å². The Bertz CT molecular complexity index is 966. The fraction of sp³-hybridized carbons (Fsp3) is 0.893. The van der Waals surface area contributed by atoms with Crippen LogP contribution in [0.25, 0.3) is 0 Å². The highest BCUT2D eigenvalue weighted by atomic mass is 16.5. The predicted octanol–water partition coefficient (Wildman–Crippen LogP) is 16.7. The Morgan fingerprint density at radius 2 is 0.758 bits per heavy atom. The van der Waals surface area contributed by atoms with Crippen LogP contribution in [0.1, 0.15) is 296 Å². The molecule has 6 nitrogen and oxygen atoms in total. The molecule has 62 heavy (non-hydrogen) atoms. The molecule has 0 aliphatic heterocycles. The molecular formula is C56H107NO5. The van der Waals surface area contributed by atoms with Gasteiger partial charge in [-0.2, -0.15) is 0 Å². The summed E-state index contributed by atoms with van der Waals surface area (Å²) in [7, 11) is 0. The van der Waals surface area contributed by atoms with Crippen LogP contribution >= 0.6 is 0 Å². The fourth-order valence-electron chi connectivity index (χ4n) is 8.45. The lowest BCUT2D eigenvalue weighted by Gasteiger charge is -2.20. The summed E-state index contributed by atoms with van der Waals surface area (Å²) in [5.41, 5.74) is 0. The number of esters is 1. The minimum Gasteiger partial charge on any atom is -0.466 e. The van der Waals surface area contributed by atoms with Crippen molar-refractivity contribution >= 4 is 11.9 Å². The second kappa shape index (κ2) is 52.0. The maximum atomic E-state index is 12.4. The molecule has 0 bridgehead atoms. The molecular weight excluding hydrogens is 767 g/mol. The molecule has 0 aromatic carbocycles. The number of hydrogen-bond donors (Lipinski definition) is 3. The van der Waals surface area contributed by atoms with E-state index < -0.39 is 12.1 Å². The molecule has 0 saturated heterocycles. The van der Waals surface area contributed by atoms with Crippen LogP contribution in [0.3, 0.4) is 0 Å². The molecule has 2 atom stereocenters. The van der Waals surface area contributed by atoms with Crippen molar-refractivity contribution in [3.8, 4) is 0 Å². The van der Waals surface area contributed by atoms with E-state index in [4.69, 9.17) is 4.74 Å². The van der Waals surface area contributed by atoms with Gasteiger partial charge in [0.2, 0.25) is 5.91 Å². The number of allylic oxidation sites excluding steroid dienone is 3. The highest BCUT2D eigenvalue weighted by molar-refractivity contribution is 5.76. The molecule has 0 aliphatic rings. The lowest BCUT2D eigenvalue weighted by Crippen LogP contribution is -2.45. The van der Waals surface area contributed by atoms with E-state index in [9.17, 15) is 19.8 Å². The second-order valence-electron chi connectivity index (χ2n) is 18.9. The number of ether oxygens (including phenoxy) is 1. The maximum Gasteiger partial charge on any atom is 0.305 e. The van der Waals surface area contributed by atoms with Crippen molar-refractivity contribution in [2.24, 2.45) is 0 Å². The quantitative estimate of drug-likeness (QED) is 0.0321. The molecule has 0 radical (unpaired) electrons. The van der Waals surface area contributed by atoms with E-state index in [1.54, 1.807) is 6.08 Å². The van der Waals surface area contributed by atoms with Crippen LogP contribution in [0.2, 0.25) is 0 Å². The van der Waals surface area contributed by atoms with Crippen LogP contribution in [0, 0.1) is 0 Å². The van der Waals surface area contributed by atoms with E-state index in [0.717, 1.165) is 77.0 Å². The number of carbonyl (C=O) groups is 2. The van der Waals surface area contributed by atoms with Gasteiger partial charge in [0.25, 0.3) is 0 Å². The van der Waals surface area contributed by atoms with Crippen molar-refractivity contribution < 1.29 is 24.5 Å². The predicted molar refractivity (Wildman–Crippen MR) is 269 cm³/mol. The summed E-state index contributed by atoms with van der Waals surface area (Å²) in [5, 5.41) is 23.1. The average molecular weight is 874 g/mol. The van der Waals surface area contributed by atoms with Gasteiger partial charge in [-0.15, -0.1) is 0 Å². The summed E-state index contributed by atoms with van der Waals surface area (Å²) < 4.78 is 5.45. The van der Waals surface area contributed by atoms with Gasteiger partial charge in [0.05, 0.1) is 25.4 Å². The van der Waals surface area contributed by atoms with Crippen LogP contribution in [-0.4, -0.2) is 47.4 Å². The maximum absolute atomic E-state index is 12.4. The standard InChI is InChI=1S/C56H107NO5/c1-3-5-7-9-11-13-15-17-19-21-23-25-27-29-34-38-42-46-50-56(61)62-51-47-43-39-35-31-30-33-37-41-45-49-55(60)57-53(52-58)54(59)48-44-40-36-32-28-26-24-22-20-18-16-14-12-10-8-6-4-2/h31,35,44,48,53-54,58-59H,3-30,32-34,36-43,45-47,49-52H2,1-2H3,(H,57,60)/b35-31-,48-44+. The Morgan fingerprint density at radius 1 is 0.435 bits per heavy atom. The van der Waals surface area contributed by atoms with E-state index in [1.807, 2.05) is 6.08 Å². The SMILES string of the molecule is CCCCCCCCCCCCCCCCC/C=C/C(O)C(CO)NC(=O)CCCCCC/C=C\CCCCOC(=O)CCCCCCCCCCCCCCCCCCCC. The molecule has 0 aromatic rings. The van der Waals surface area contributed by atoms with Gasteiger partial charge in [-0.1, -0.05) is 250 Å². The van der Waals surface area contributed by atoms with Gasteiger partial charge < -0.3 is 20.3 Å². The second-order valence-corrected chi connectivity index (χ2v) is 18.9. The van der Waals surface area contributed by atoms with Gasteiger partial charge in [-0.05, 0) is 57.8 Å². The number of unbranched alkanes of at least 4 members (excludes halogenated alkanes) is 38. The van der Waals surface area contributed by atoms with Gasteiger partial charge >= 0.3 is 5.97 Å². The van der Waals surface area contributed by atoms with Gasteiger partial charge in [0.1, 0.15) is 0 Å². The van der Waals surface area contributed by atoms with Gasteiger partial charge in [0.15, 0.2) is 0 Å². The lowest BCUT2D eigenvalue weighted by molar-refractivity contribution is -0.143. The van der Waals surface area contributed by atoms with Crippen LogP contribution < -0.4 is 5.32 Å². The third-order valence-electron chi connectivity index (χ3n) is 12.7. The van der Waals surface area contributed by atoms with E-state index in [1.165, 1.54) is 193 Å². The van der Waals surface area contributed by atoms with Crippen molar-refractivity contribution in [3.05, 3.63) is 24.3 Å². The number of aliphatic hydroxyl groups is 2. The number of nitrogens with one attached hydrogen (secondary N) is 1. The highest BCUT2D eigenvalue weighted by Gasteiger charge is 2.18. The van der Waals surface area contributed by atoms with E-state index in [2.05, 4.69) is 31.3 Å². The van der Waals surface area contributed by atoms with Gasteiger partial charge in [0, 0.05) is 12.8 Å². The summed E-state index contributed by atoms with van der Waals surface area (Å²) in [6, 6.07) is -0.652. The Labute approximate surface area is 386 Å². The van der Waals surface area contributed by atoms with Crippen LogP contribution in [0.15, 0.2) is 24.3 Å². The summed E-state index contributed by atoms with van der Waals surface area (Å²) in [6.07, 6.45) is 61.9. The zero-order valence-corrected chi connectivity index (χ0v) is 41.6. The molecule has 0 saturated carbocycles. The van der Waals surface area contributed by atoms with E-state index in [-0.39, 0.29) is 18.5 Å². The lowest BCUT2D eigenvalue weighted by atomic mass is 10.0. The van der Waals surface area contributed by atoms with E-state index >= 15 is 0 Å². The first-order valence-corrected chi connectivity index (χ1v) is 27.6. The molecule has 0 fully saturated rings. The Hall–Kier alpha value is -1.66. The molecule has 0 spiro atoms. The first-order valence-electron chi connectivity index (χ1n) is 27.6. The Morgan fingerprint density at radius 3 is 1.15 bits per heavy atom. The third-order valence-corrected chi connectivity index (χ3v) is 12.7. The summed E-state index contributed by atoms with van der Waals surface area (Å²) in [4.78, 5) is 24.5. The zero-order valence-electron chi connectivity index (χ0n) is 41.6. The zero-order chi connectivity index (χ0) is 45.1. The number of hydrogen-bond acceptors (Lipinski definition) is 5. The summed E-state index contributed by atoms with van der Waals surface area (Å²) >= 11 is 0. The molecule has 0 aromatic heterocycles. The van der Waals surface area contributed by atoms with Crippen molar-refractivity contribution in [1.29, 1.82) is 0 Å². The normalized spacial score (nSPS) is 12.8. The fourth-order valence-corrected chi connectivity index (χ4v) is 8.45. The smallest absolute Gasteiger partial charge is 0.305 e. The number of amides is 1. The molecule has 366 valence electrons. The average Bonchev–Trinajstić information content (AvgIpc) is 3.27. The first kappa shape index (κ1) is 60.3. The molecule has 0 rings (SSSR count). The van der Waals surface area contributed by atoms with Crippen molar-refractivity contribution in [3.63, 3.8) is 0 Å². The number of rotatable bonds is 51. The van der Waals surface area contributed by atoms with Gasteiger partial charge in [-0.25, -0.2) is 0 Å². The molecule has 2 unspecified atom stereocenters. The topological polar surface area (TPSA) is 95.9 Å².